The highest BCUT2D eigenvalue weighted by Gasteiger charge is 2.37. The number of unbranched alkanes of at least 4 members (excludes halogenated alkanes) is 1. The first-order valence-corrected chi connectivity index (χ1v) is 6.36. The summed E-state index contributed by atoms with van der Waals surface area (Å²) in [6.45, 7) is 3.55. The molecule has 6 nitrogen and oxygen atoms in total. The second kappa shape index (κ2) is 5.37. The standard InChI is InChI=1S/C12H18N2O4/c1-2-3-4-10(15)13-5-9(6-13)7-14-11(16)8-18-12(14)17/h9H,2-8H2,1H3. The summed E-state index contributed by atoms with van der Waals surface area (Å²) in [5.74, 6) is 0.0874. The maximum atomic E-state index is 11.6. The lowest BCUT2D eigenvalue weighted by Gasteiger charge is -2.40. The first-order valence-electron chi connectivity index (χ1n) is 6.36. The van der Waals surface area contributed by atoms with Crippen LogP contribution in [0.25, 0.3) is 0 Å². The lowest BCUT2D eigenvalue weighted by Crippen LogP contribution is -2.54. The molecule has 2 aliphatic rings. The minimum atomic E-state index is -0.559. The molecule has 0 aromatic heterocycles. The van der Waals surface area contributed by atoms with E-state index in [1.165, 1.54) is 0 Å². The molecule has 2 heterocycles. The number of likely N-dealkylation sites (tertiary alicyclic amines) is 1. The van der Waals surface area contributed by atoms with Crippen molar-refractivity contribution in [3.8, 4) is 0 Å². The number of ether oxygens (including phenoxy) is 1. The number of imide groups is 1. The van der Waals surface area contributed by atoms with E-state index in [2.05, 4.69) is 11.7 Å². The van der Waals surface area contributed by atoms with E-state index in [9.17, 15) is 14.4 Å². The van der Waals surface area contributed by atoms with E-state index >= 15 is 0 Å². The normalized spacial score (nSPS) is 20.1. The van der Waals surface area contributed by atoms with Gasteiger partial charge in [0.25, 0.3) is 5.91 Å². The fourth-order valence-corrected chi connectivity index (χ4v) is 2.19. The molecule has 0 spiro atoms. The molecule has 0 aliphatic carbocycles. The SMILES string of the molecule is CCCCC(=O)N1CC(CN2C(=O)COC2=O)C1. The molecule has 2 rings (SSSR count). The lowest BCUT2D eigenvalue weighted by atomic mass is 9.98. The number of hydrogen-bond acceptors (Lipinski definition) is 4. The van der Waals surface area contributed by atoms with Crippen LogP contribution in [0.15, 0.2) is 0 Å². The molecule has 0 aromatic carbocycles. The van der Waals surface area contributed by atoms with E-state index < -0.39 is 6.09 Å². The monoisotopic (exact) mass is 254 g/mol. The number of hydrogen-bond donors (Lipinski definition) is 0. The zero-order valence-corrected chi connectivity index (χ0v) is 10.6. The van der Waals surface area contributed by atoms with Crippen LogP contribution in [0.4, 0.5) is 4.79 Å². The number of carbonyl (C=O) groups is 3. The van der Waals surface area contributed by atoms with Crippen molar-refractivity contribution in [3.63, 3.8) is 0 Å². The lowest BCUT2D eigenvalue weighted by molar-refractivity contribution is -0.138. The third-order valence-electron chi connectivity index (χ3n) is 3.34. The fourth-order valence-electron chi connectivity index (χ4n) is 2.19. The van der Waals surface area contributed by atoms with Gasteiger partial charge in [0.05, 0.1) is 0 Å². The largest absolute Gasteiger partial charge is 0.439 e. The summed E-state index contributed by atoms with van der Waals surface area (Å²) in [6, 6.07) is 0. The van der Waals surface area contributed by atoms with Gasteiger partial charge in [-0.3, -0.25) is 9.59 Å². The molecule has 2 saturated heterocycles. The van der Waals surface area contributed by atoms with Crippen LogP contribution in [0.2, 0.25) is 0 Å². The molecule has 3 amide bonds. The van der Waals surface area contributed by atoms with Crippen molar-refractivity contribution in [1.82, 2.24) is 9.80 Å². The van der Waals surface area contributed by atoms with Gasteiger partial charge < -0.3 is 9.64 Å². The summed E-state index contributed by atoms with van der Waals surface area (Å²) in [7, 11) is 0. The Morgan fingerprint density at radius 3 is 2.67 bits per heavy atom. The molecule has 0 saturated carbocycles. The Kier molecular flexibility index (Phi) is 3.84. The first-order chi connectivity index (χ1) is 8.61. The van der Waals surface area contributed by atoms with Crippen LogP contribution >= 0.6 is 0 Å². The first kappa shape index (κ1) is 12.9. The highest BCUT2D eigenvalue weighted by atomic mass is 16.6. The molecule has 100 valence electrons. The molecule has 2 aliphatic heterocycles. The Morgan fingerprint density at radius 2 is 2.11 bits per heavy atom. The van der Waals surface area contributed by atoms with Gasteiger partial charge in [-0.05, 0) is 6.42 Å². The fraction of sp³-hybridized carbons (Fsp3) is 0.750. The molecule has 0 radical (unpaired) electrons. The number of amides is 3. The molecule has 0 unspecified atom stereocenters. The van der Waals surface area contributed by atoms with Gasteiger partial charge in [0.15, 0.2) is 6.61 Å². The molecule has 0 N–H and O–H groups in total. The minimum Gasteiger partial charge on any atom is -0.439 e. The van der Waals surface area contributed by atoms with E-state index in [1.54, 1.807) is 4.90 Å². The van der Waals surface area contributed by atoms with Gasteiger partial charge in [0.2, 0.25) is 5.91 Å². The Balaban J connectivity index is 1.71. The molecule has 6 heteroatoms. The Labute approximate surface area is 106 Å². The predicted octanol–water partition coefficient (Wildman–Crippen LogP) is 0.614. The van der Waals surface area contributed by atoms with Crippen LogP contribution in [0.3, 0.4) is 0 Å². The van der Waals surface area contributed by atoms with E-state index in [4.69, 9.17) is 0 Å². The van der Waals surface area contributed by atoms with Gasteiger partial charge >= 0.3 is 6.09 Å². The van der Waals surface area contributed by atoms with Gasteiger partial charge in [0, 0.05) is 32.0 Å². The van der Waals surface area contributed by atoms with Gasteiger partial charge in [-0.1, -0.05) is 13.3 Å². The van der Waals surface area contributed by atoms with E-state index in [1.807, 2.05) is 0 Å². The summed E-state index contributed by atoms with van der Waals surface area (Å²) in [4.78, 5) is 37.1. The molecular weight excluding hydrogens is 236 g/mol. The molecule has 0 aromatic rings. The van der Waals surface area contributed by atoms with Crippen molar-refractivity contribution in [2.24, 2.45) is 5.92 Å². The average Bonchev–Trinajstić information content (AvgIpc) is 2.60. The van der Waals surface area contributed by atoms with Crippen molar-refractivity contribution in [1.29, 1.82) is 0 Å². The van der Waals surface area contributed by atoms with Crippen LogP contribution in [-0.4, -0.2) is 53.9 Å². The van der Waals surface area contributed by atoms with Crippen molar-refractivity contribution < 1.29 is 19.1 Å². The zero-order chi connectivity index (χ0) is 13.1. The van der Waals surface area contributed by atoms with Crippen LogP contribution in [-0.2, 0) is 14.3 Å². The highest BCUT2D eigenvalue weighted by Crippen LogP contribution is 2.20. The van der Waals surface area contributed by atoms with Gasteiger partial charge in [-0.2, -0.15) is 0 Å². The maximum Gasteiger partial charge on any atom is 0.417 e. The number of nitrogens with zero attached hydrogens (tertiary/aromatic N) is 2. The molecule has 0 atom stereocenters. The average molecular weight is 254 g/mol. The summed E-state index contributed by atoms with van der Waals surface area (Å²) >= 11 is 0. The number of rotatable bonds is 5. The zero-order valence-electron chi connectivity index (χ0n) is 10.6. The van der Waals surface area contributed by atoms with E-state index in [0.717, 1.165) is 17.7 Å². The van der Waals surface area contributed by atoms with Gasteiger partial charge in [0.1, 0.15) is 0 Å². The molecular formula is C12H18N2O4. The van der Waals surface area contributed by atoms with Crippen LogP contribution in [0.1, 0.15) is 26.2 Å². The quantitative estimate of drug-likeness (QED) is 0.721. The third-order valence-corrected chi connectivity index (χ3v) is 3.34. The third kappa shape index (κ3) is 2.63. The highest BCUT2D eigenvalue weighted by molar-refractivity contribution is 5.97. The van der Waals surface area contributed by atoms with Crippen molar-refractivity contribution in [2.75, 3.05) is 26.2 Å². The van der Waals surface area contributed by atoms with E-state index in [0.29, 0.717) is 26.1 Å². The summed E-state index contributed by atoms with van der Waals surface area (Å²) in [5.41, 5.74) is 0. The molecule has 2 fully saturated rings. The topological polar surface area (TPSA) is 66.9 Å². The van der Waals surface area contributed by atoms with Crippen LogP contribution < -0.4 is 0 Å². The second-order valence-electron chi connectivity index (χ2n) is 4.83. The Hall–Kier alpha value is -1.59. The van der Waals surface area contributed by atoms with Gasteiger partial charge in [-0.15, -0.1) is 0 Å². The second-order valence-corrected chi connectivity index (χ2v) is 4.83. The predicted molar refractivity (Wildman–Crippen MR) is 62.7 cm³/mol. The summed E-state index contributed by atoms with van der Waals surface area (Å²) in [5, 5.41) is 0. The summed E-state index contributed by atoms with van der Waals surface area (Å²) < 4.78 is 4.63. The number of cyclic esters (lactones) is 1. The Bertz CT molecular complexity index is 347. The summed E-state index contributed by atoms with van der Waals surface area (Å²) in [6.07, 6.45) is 1.96. The Morgan fingerprint density at radius 1 is 1.39 bits per heavy atom. The smallest absolute Gasteiger partial charge is 0.417 e. The maximum absolute atomic E-state index is 11.6. The van der Waals surface area contributed by atoms with Crippen LogP contribution in [0, 0.1) is 5.92 Å². The van der Waals surface area contributed by atoms with Gasteiger partial charge in [-0.25, -0.2) is 9.69 Å². The van der Waals surface area contributed by atoms with Crippen molar-refractivity contribution >= 4 is 17.9 Å². The van der Waals surface area contributed by atoms with Crippen molar-refractivity contribution in [3.05, 3.63) is 0 Å². The van der Waals surface area contributed by atoms with Crippen LogP contribution in [0.5, 0.6) is 0 Å². The minimum absolute atomic E-state index is 0.148. The molecule has 18 heavy (non-hydrogen) atoms. The molecule has 0 bridgehead atoms. The number of carbonyl (C=O) groups excluding carboxylic acids is 3. The van der Waals surface area contributed by atoms with E-state index in [-0.39, 0.29) is 24.3 Å². The van der Waals surface area contributed by atoms with Crippen molar-refractivity contribution in [2.45, 2.75) is 26.2 Å².